The summed E-state index contributed by atoms with van der Waals surface area (Å²) in [5, 5.41) is 20.3. The number of likely N-dealkylation sites (N-methyl/N-ethyl adjacent to an activating group) is 5. The highest BCUT2D eigenvalue weighted by molar-refractivity contribution is 5.97. The van der Waals surface area contributed by atoms with Gasteiger partial charge in [-0.25, -0.2) is 0 Å². The average molecular weight is 825 g/mol. The molecule has 0 aliphatic carbocycles. The monoisotopic (exact) mass is 825 g/mol. The van der Waals surface area contributed by atoms with Gasteiger partial charge in [-0.15, -0.1) is 0 Å². The summed E-state index contributed by atoms with van der Waals surface area (Å²) < 4.78 is 0. The standard InChI is InChI=1S/C38H68N10O10/c1-7-27(49)22-47(23-34(54)39-2)29(37(57)42-5)17-10-8-9-15-28(50)16-11-12-19-31(51)45-26-46-33(53)21-32(52)44-20-14-13-18-30(38(58)43-6)48(24-35(55)40-3)25-36(56)41-4/h29-30H,7-26H2,1-6H3,(H,39,54)(H,40,55)(H,41,56)(H,42,57)(H,43,58)(H,44,52)(H,45,51)(H,46,53)/t29-,30+/m1/s1. The summed E-state index contributed by atoms with van der Waals surface area (Å²) in [6.45, 7) is 1.41. The van der Waals surface area contributed by atoms with Gasteiger partial charge in [0.2, 0.25) is 47.3 Å². The molecule has 0 rings (SSSR count). The fourth-order valence-corrected chi connectivity index (χ4v) is 5.83. The van der Waals surface area contributed by atoms with Gasteiger partial charge in [0.1, 0.15) is 18.0 Å². The second-order valence-corrected chi connectivity index (χ2v) is 13.7. The summed E-state index contributed by atoms with van der Waals surface area (Å²) >= 11 is 0. The number of ketones is 2. The van der Waals surface area contributed by atoms with Crippen molar-refractivity contribution >= 4 is 58.8 Å². The molecule has 0 bridgehead atoms. The Kier molecular flexibility index (Phi) is 29.3. The molecule has 2 atom stereocenters. The van der Waals surface area contributed by atoms with Gasteiger partial charge in [0.15, 0.2) is 0 Å². The van der Waals surface area contributed by atoms with Gasteiger partial charge >= 0.3 is 0 Å². The summed E-state index contributed by atoms with van der Waals surface area (Å²) in [5.74, 6) is -3.05. The summed E-state index contributed by atoms with van der Waals surface area (Å²) in [6, 6.07) is -1.40. The lowest BCUT2D eigenvalue weighted by atomic mass is 10.0. The van der Waals surface area contributed by atoms with Crippen LogP contribution in [0.3, 0.4) is 0 Å². The number of nitrogens with zero attached hydrogens (tertiary/aromatic N) is 2. The third-order valence-electron chi connectivity index (χ3n) is 9.29. The minimum Gasteiger partial charge on any atom is -0.358 e. The number of Topliss-reactive ketones (excluding diaryl/α,β-unsaturated/α-hetero) is 2. The highest BCUT2D eigenvalue weighted by Crippen LogP contribution is 2.14. The van der Waals surface area contributed by atoms with Gasteiger partial charge in [0.25, 0.3) is 0 Å². The van der Waals surface area contributed by atoms with E-state index in [0.717, 1.165) is 0 Å². The van der Waals surface area contributed by atoms with Crippen molar-refractivity contribution in [1.82, 2.24) is 52.3 Å². The fraction of sp³-hybridized carbons (Fsp3) is 0.737. The third kappa shape index (κ3) is 24.6. The molecule has 0 heterocycles. The summed E-state index contributed by atoms with van der Waals surface area (Å²) in [7, 11) is 7.38. The van der Waals surface area contributed by atoms with Crippen molar-refractivity contribution in [3.05, 3.63) is 0 Å². The van der Waals surface area contributed by atoms with E-state index in [1.54, 1.807) is 11.8 Å². The average Bonchev–Trinajstić information content (AvgIpc) is 3.20. The van der Waals surface area contributed by atoms with E-state index in [-0.39, 0.29) is 92.8 Å². The number of hydrogen-bond donors (Lipinski definition) is 8. The van der Waals surface area contributed by atoms with Crippen LogP contribution >= 0.6 is 0 Å². The number of carbonyl (C=O) groups excluding carboxylic acids is 10. The van der Waals surface area contributed by atoms with Gasteiger partial charge < -0.3 is 42.5 Å². The van der Waals surface area contributed by atoms with Gasteiger partial charge in [-0.05, 0) is 44.9 Å². The van der Waals surface area contributed by atoms with Crippen molar-refractivity contribution in [3.63, 3.8) is 0 Å². The van der Waals surface area contributed by atoms with Crippen molar-refractivity contribution in [1.29, 1.82) is 0 Å². The van der Waals surface area contributed by atoms with Crippen LogP contribution in [0.4, 0.5) is 0 Å². The topological polar surface area (TPSA) is 273 Å². The molecule has 58 heavy (non-hydrogen) atoms. The highest BCUT2D eigenvalue weighted by Gasteiger charge is 2.29. The van der Waals surface area contributed by atoms with E-state index in [4.69, 9.17) is 0 Å². The Balaban J connectivity index is 4.37. The predicted molar refractivity (Wildman–Crippen MR) is 216 cm³/mol. The van der Waals surface area contributed by atoms with E-state index in [1.165, 1.54) is 40.1 Å². The molecule has 8 amide bonds. The van der Waals surface area contributed by atoms with Gasteiger partial charge in [-0.2, -0.15) is 0 Å². The highest BCUT2D eigenvalue weighted by atomic mass is 16.2. The number of nitrogens with one attached hydrogen (secondary N) is 8. The maximum Gasteiger partial charge on any atom is 0.237 e. The van der Waals surface area contributed by atoms with Gasteiger partial charge in [-0.3, -0.25) is 57.7 Å². The Hall–Kier alpha value is -4.98. The van der Waals surface area contributed by atoms with Crippen molar-refractivity contribution < 1.29 is 47.9 Å². The maximum atomic E-state index is 12.6. The quantitative estimate of drug-likeness (QED) is 0.0203. The van der Waals surface area contributed by atoms with Crippen LogP contribution in [0.25, 0.3) is 0 Å². The Bertz CT molecular complexity index is 1330. The first-order valence-corrected chi connectivity index (χ1v) is 20.0. The molecule has 330 valence electrons. The number of unbranched alkanes of at least 4 members (excludes halogenated alkanes) is 4. The molecule has 0 aliphatic rings. The first-order chi connectivity index (χ1) is 27.6. The number of amides is 8. The zero-order valence-corrected chi connectivity index (χ0v) is 35.3. The lowest BCUT2D eigenvalue weighted by molar-refractivity contribution is -0.133. The Labute approximate surface area is 342 Å². The van der Waals surface area contributed by atoms with Gasteiger partial charge in [0, 0.05) is 67.5 Å². The summed E-state index contributed by atoms with van der Waals surface area (Å²) in [4.78, 5) is 125. The zero-order valence-electron chi connectivity index (χ0n) is 35.3. The van der Waals surface area contributed by atoms with Crippen molar-refractivity contribution in [2.45, 2.75) is 109 Å². The first kappa shape index (κ1) is 53.0. The minimum atomic E-state index is -0.754. The molecule has 0 aliphatic heterocycles. The Morgan fingerprint density at radius 3 is 1.34 bits per heavy atom. The largest absolute Gasteiger partial charge is 0.358 e. The molecule has 0 saturated carbocycles. The van der Waals surface area contributed by atoms with Crippen LogP contribution in [-0.4, -0.2) is 155 Å². The molecule has 0 aromatic heterocycles. The second-order valence-electron chi connectivity index (χ2n) is 13.7. The molecule has 20 nitrogen and oxygen atoms in total. The lowest BCUT2D eigenvalue weighted by Gasteiger charge is -2.29. The fourth-order valence-electron chi connectivity index (χ4n) is 5.83. The molecule has 0 aromatic rings. The Morgan fingerprint density at radius 2 is 0.862 bits per heavy atom. The van der Waals surface area contributed by atoms with Crippen LogP contribution < -0.4 is 42.5 Å². The van der Waals surface area contributed by atoms with Crippen LogP contribution in [0.5, 0.6) is 0 Å². The van der Waals surface area contributed by atoms with E-state index in [1.807, 2.05) is 0 Å². The van der Waals surface area contributed by atoms with Crippen molar-refractivity contribution in [2.75, 3.05) is 74.6 Å². The third-order valence-corrected chi connectivity index (χ3v) is 9.29. The van der Waals surface area contributed by atoms with Crippen molar-refractivity contribution in [3.8, 4) is 0 Å². The molecular weight excluding hydrogens is 756 g/mol. The first-order valence-electron chi connectivity index (χ1n) is 20.0. The van der Waals surface area contributed by atoms with Crippen LogP contribution in [-0.2, 0) is 47.9 Å². The molecule has 8 N–H and O–H groups in total. The normalized spacial score (nSPS) is 11.8. The van der Waals surface area contributed by atoms with Crippen LogP contribution in [0.1, 0.15) is 96.8 Å². The minimum absolute atomic E-state index is 0.00572. The molecule has 20 heteroatoms. The maximum absolute atomic E-state index is 12.6. The van der Waals surface area contributed by atoms with Gasteiger partial charge in [-0.1, -0.05) is 19.8 Å². The molecular formula is C38H68N10O10. The molecule has 0 saturated heterocycles. The van der Waals surface area contributed by atoms with Crippen molar-refractivity contribution in [2.24, 2.45) is 0 Å². The van der Waals surface area contributed by atoms with E-state index in [9.17, 15) is 47.9 Å². The molecule has 0 radical (unpaired) electrons. The summed E-state index contributed by atoms with van der Waals surface area (Å²) in [6.07, 6.45) is 5.34. The lowest BCUT2D eigenvalue weighted by Crippen LogP contribution is -2.52. The van der Waals surface area contributed by atoms with Crippen LogP contribution in [0.15, 0.2) is 0 Å². The van der Waals surface area contributed by atoms with E-state index in [0.29, 0.717) is 77.0 Å². The van der Waals surface area contributed by atoms with Crippen LogP contribution in [0.2, 0.25) is 0 Å². The predicted octanol–water partition coefficient (Wildman–Crippen LogP) is -2.02. The number of hydrogen-bond acceptors (Lipinski definition) is 12. The Morgan fingerprint density at radius 1 is 0.431 bits per heavy atom. The smallest absolute Gasteiger partial charge is 0.237 e. The molecule has 0 fully saturated rings. The van der Waals surface area contributed by atoms with E-state index >= 15 is 0 Å². The number of carbonyl (C=O) groups is 10. The van der Waals surface area contributed by atoms with Gasteiger partial charge in [0.05, 0.1) is 44.9 Å². The van der Waals surface area contributed by atoms with E-state index < -0.39 is 30.3 Å². The zero-order chi connectivity index (χ0) is 43.9. The molecule has 0 spiro atoms. The molecule has 0 unspecified atom stereocenters. The number of rotatable bonds is 33. The summed E-state index contributed by atoms with van der Waals surface area (Å²) in [5.41, 5.74) is 0. The van der Waals surface area contributed by atoms with E-state index in [2.05, 4.69) is 42.5 Å². The molecule has 0 aromatic carbocycles. The SMILES string of the molecule is CCC(=O)CN(CC(=O)NC)[C@H](CCCCCC(=O)CCCCC(=O)NCNC(=O)CC(=O)NCCCC[C@@H](C(=O)NC)N(CC(=O)NC)CC(=O)NC)C(=O)NC. The second kappa shape index (κ2) is 32.0. The van der Waals surface area contributed by atoms with Crippen LogP contribution in [0, 0.1) is 0 Å².